The van der Waals surface area contributed by atoms with E-state index >= 15 is 0 Å². The number of aliphatic hydroxyl groups excluding tert-OH is 1. The van der Waals surface area contributed by atoms with Crippen LogP contribution in [0.5, 0.6) is 0 Å². The van der Waals surface area contributed by atoms with E-state index in [0.717, 1.165) is 24.0 Å². The molecule has 2 atom stereocenters. The van der Waals surface area contributed by atoms with Gasteiger partial charge in [0, 0.05) is 5.92 Å². The Balaban J connectivity index is 2.39. The molecule has 0 saturated heterocycles. The van der Waals surface area contributed by atoms with E-state index in [2.05, 4.69) is 32.1 Å². The van der Waals surface area contributed by atoms with Crippen LogP contribution in [0, 0.1) is 0 Å². The number of rotatable bonds is 6. The molecular formula is C20H24O. The first-order valence-electron chi connectivity index (χ1n) is 7.73. The van der Waals surface area contributed by atoms with Gasteiger partial charge in [0.2, 0.25) is 0 Å². The summed E-state index contributed by atoms with van der Waals surface area (Å²) >= 11 is 0. The van der Waals surface area contributed by atoms with Crippen LogP contribution in [0.2, 0.25) is 0 Å². The maximum atomic E-state index is 10.8. The number of benzene rings is 2. The molecule has 2 aromatic rings. The fraction of sp³-hybridized carbons (Fsp3) is 0.300. The molecule has 2 rings (SSSR count). The van der Waals surface area contributed by atoms with Gasteiger partial charge in [-0.25, -0.2) is 0 Å². The smallest absolute Gasteiger partial charge is 0.0893 e. The van der Waals surface area contributed by atoms with Crippen LogP contribution in [0.1, 0.15) is 49.8 Å². The number of hydrogen-bond donors (Lipinski definition) is 1. The molecule has 0 aliphatic heterocycles. The summed E-state index contributed by atoms with van der Waals surface area (Å²) in [5, 5.41) is 10.8. The van der Waals surface area contributed by atoms with Crippen LogP contribution in [0.25, 0.3) is 0 Å². The molecular weight excluding hydrogens is 256 g/mol. The maximum Gasteiger partial charge on any atom is 0.0893 e. The van der Waals surface area contributed by atoms with Gasteiger partial charge in [-0.05, 0) is 24.0 Å². The molecule has 0 aliphatic rings. The fourth-order valence-corrected chi connectivity index (χ4v) is 2.64. The van der Waals surface area contributed by atoms with E-state index in [1.54, 1.807) is 0 Å². The molecule has 0 bridgehead atoms. The summed E-state index contributed by atoms with van der Waals surface area (Å²) in [6, 6.07) is 20.2. The van der Waals surface area contributed by atoms with Crippen LogP contribution in [-0.4, -0.2) is 5.11 Å². The molecule has 1 N–H and O–H groups in total. The summed E-state index contributed by atoms with van der Waals surface area (Å²) in [7, 11) is 0. The first kappa shape index (κ1) is 15.5. The minimum Gasteiger partial charge on any atom is -0.387 e. The third-order valence-electron chi connectivity index (χ3n) is 3.99. The van der Waals surface area contributed by atoms with E-state index in [1.807, 2.05) is 48.5 Å². The summed E-state index contributed by atoms with van der Waals surface area (Å²) in [4.78, 5) is 0. The number of allylic oxidation sites excluding steroid dienone is 1. The van der Waals surface area contributed by atoms with Gasteiger partial charge in [-0.1, -0.05) is 86.2 Å². The molecule has 110 valence electrons. The van der Waals surface area contributed by atoms with Crippen LogP contribution < -0.4 is 0 Å². The molecule has 21 heavy (non-hydrogen) atoms. The molecule has 0 heterocycles. The zero-order valence-corrected chi connectivity index (χ0v) is 12.9. The Morgan fingerprint density at radius 2 is 1.33 bits per heavy atom. The molecule has 0 aromatic heterocycles. The van der Waals surface area contributed by atoms with Gasteiger partial charge in [-0.3, -0.25) is 0 Å². The van der Waals surface area contributed by atoms with Crippen LogP contribution >= 0.6 is 0 Å². The predicted octanol–water partition coefficient (Wildman–Crippen LogP) is 5.25. The van der Waals surface area contributed by atoms with Gasteiger partial charge in [0.25, 0.3) is 0 Å². The van der Waals surface area contributed by atoms with Crippen LogP contribution in [0.15, 0.2) is 72.3 Å². The van der Waals surface area contributed by atoms with Gasteiger partial charge in [0.1, 0.15) is 0 Å². The van der Waals surface area contributed by atoms with Crippen molar-refractivity contribution < 1.29 is 5.11 Å². The standard InChI is InChI=1S/C20H24O/c1-3-16(4-2)15-19(17-11-7-5-8-12-17)20(21)18-13-9-6-10-14-18/h5-15,19-21H,3-4H2,1-2H3/t19-,20-/m0/s1. The minimum atomic E-state index is -0.512. The Morgan fingerprint density at radius 3 is 1.81 bits per heavy atom. The van der Waals surface area contributed by atoms with Gasteiger partial charge in [-0.15, -0.1) is 0 Å². The summed E-state index contributed by atoms with van der Waals surface area (Å²) in [5.74, 6) is 0.00324. The van der Waals surface area contributed by atoms with Crippen molar-refractivity contribution in [2.24, 2.45) is 0 Å². The molecule has 0 saturated carbocycles. The average Bonchev–Trinajstić information content (AvgIpc) is 2.57. The van der Waals surface area contributed by atoms with E-state index in [1.165, 1.54) is 5.57 Å². The molecule has 0 aliphatic carbocycles. The fourth-order valence-electron chi connectivity index (χ4n) is 2.64. The second-order valence-electron chi connectivity index (χ2n) is 5.32. The summed E-state index contributed by atoms with van der Waals surface area (Å²) < 4.78 is 0. The van der Waals surface area contributed by atoms with E-state index in [0.29, 0.717) is 0 Å². The molecule has 1 nitrogen and oxygen atoms in total. The van der Waals surface area contributed by atoms with Crippen molar-refractivity contribution in [1.29, 1.82) is 0 Å². The highest BCUT2D eigenvalue weighted by atomic mass is 16.3. The van der Waals surface area contributed by atoms with E-state index in [-0.39, 0.29) is 5.92 Å². The third kappa shape index (κ3) is 4.05. The highest BCUT2D eigenvalue weighted by Crippen LogP contribution is 2.33. The maximum absolute atomic E-state index is 10.8. The Kier molecular flexibility index (Phi) is 5.77. The quantitative estimate of drug-likeness (QED) is 0.716. The van der Waals surface area contributed by atoms with Crippen LogP contribution in [0.3, 0.4) is 0 Å². The molecule has 1 heteroatoms. The van der Waals surface area contributed by atoms with Gasteiger partial charge >= 0.3 is 0 Å². The zero-order chi connectivity index (χ0) is 15.1. The lowest BCUT2D eigenvalue weighted by atomic mass is 9.87. The third-order valence-corrected chi connectivity index (χ3v) is 3.99. The highest BCUT2D eigenvalue weighted by Gasteiger charge is 2.20. The highest BCUT2D eigenvalue weighted by molar-refractivity contribution is 5.31. The van der Waals surface area contributed by atoms with Gasteiger partial charge in [0.15, 0.2) is 0 Å². The van der Waals surface area contributed by atoms with Crippen LogP contribution in [-0.2, 0) is 0 Å². The lowest BCUT2D eigenvalue weighted by Gasteiger charge is -2.22. The van der Waals surface area contributed by atoms with Crippen molar-refractivity contribution in [3.63, 3.8) is 0 Å². The number of aliphatic hydroxyl groups is 1. The first-order valence-corrected chi connectivity index (χ1v) is 7.73. The summed E-state index contributed by atoms with van der Waals surface area (Å²) in [6.45, 7) is 4.35. The lowest BCUT2D eigenvalue weighted by Crippen LogP contribution is -2.09. The van der Waals surface area contributed by atoms with Crippen molar-refractivity contribution in [1.82, 2.24) is 0 Å². The molecule has 0 unspecified atom stereocenters. The van der Waals surface area contributed by atoms with Gasteiger partial charge < -0.3 is 5.11 Å². The average molecular weight is 280 g/mol. The summed E-state index contributed by atoms with van der Waals surface area (Å²) in [5.41, 5.74) is 3.52. The van der Waals surface area contributed by atoms with Gasteiger partial charge in [-0.2, -0.15) is 0 Å². The van der Waals surface area contributed by atoms with Gasteiger partial charge in [0.05, 0.1) is 6.10 Å². The molecule has 0 fully saturated rings. The molecule has 0 amide bonds. The van der Waals surface area contributed by atoms with Crippen molar-refractivity contribution >= 4 is 0 Å². The van der Waals surface area contributed by atoms with Crippen molar-refractivity contribution in [2.45, 2.75) is 38.7 Å². The van der Waals surface area contributed by atoms with Crippen molar-refractivity contribution in [2.75, 3.05) is 0 Å². The largest absolute Gasteiger partial charge is 0.387 e. The normalized spacial score (nSPS) is 13.5. The molecule has 0 spiro atoms. The summed E-state index contributed by atoms with van der Waals surface area (Å²) in [6.07, 6.45) is 3.79. The van der Waals surface area contributed by atoms with Crippen LogP contribution in [0.4, 0.5) is 0 Å². The zero-order valence-electron chi connectivity index (χ0n) is 12.9. The predicted molar refractivity (Wildman–Crippen MR) is 89.2 cm³/mol. The molecule has 0 radical (unpaired) electrons. The van der Waals surface area contributed by atoms with Crippen molar-refractivity contribution in [3.8, 4) is 0 Å². The Bertz CT molecular complexity index is 551. The monoisotopic (exact) mass is 280 g/mol. The minimum absolute atomic E-state index is 0.00324. The van der Waals surface area contributed by atoms with Crippen molar-refractivity contribution in [3.05, 3.63) is 83.4 Å². The van der Waals surface area contributed by atoms with E-state index < -0.39 is 6.10 Å². The Labute approximate surface area is 128 Å². The second-order valence-corrected chi connectivity index (χ2v) is 5.32. The lowest BCUT2D eigenvalue weighted by molar-refractivity contribution is 0.161. The Morgan fingerprint density at radius 1 is 0.857 bits per heavy atom. The Hall–Kier alpha value is -1.86. The topological polar surface area (TPSA) is 20.2 Å². The SMILES string of the molecule is CCC(=C[C@@H](c1ccccc1)[C@@H](O)c1ccccc1)CC. The second kappa shape index (κ2) is 7.80. The molecule has 2 aromatic carbocycles. The van der Waals surface area contributed by atoms with E-state index in [9.17, 15) is 5.11 Å². The first-order chi connectivity index (χ1) is 10.3. The number of hydrogen-bond acceptors (Lipinski definition) is 1. The van der Waals surface area contributed by atoms with E-state index in [4.69, 9.17) is 0 Å².